The number of aromatic nitrogens is 5. The minimum Gasteiger partial charge on any atom is -0.264 e. The summed E-state index contributed by atoms with van der Waals surface area (Å²) < 4.78 is 0. The number of H-pyrrole nitrogens is 1. The summed E-state index contributed by atoms with van der Waals surface area (Å²) in [5, 5.41) is 14.2. The van der Waals surface area contributed by atoms with Crippen LogP contribution in [0.4, 0.5) is 0 Å². The maximum absolute atomic E-state index is 4.13. The average molecular weight is 251 g/mol. The van der Waals surface area contributed by atoms with Crippen molar-refractivity contribution in [2.45, 2.75) is 12.8 Å². The number of aromatic amines is 1. The molecule has 1 aromatic carbocycles. The van der Waals surface area contributed by atoms with Crippen LogP contribution in [0.25, 0.3) is 11.4 Å². The predicted octanol–water partition coefficient (Wildman–Crippen LogP) is 2.05. The fourth-order valence-corrected chi connectivity index (χ4v) is 2.06. The topological polar surface area (TPSA) is 67.3 Å². The lowest BCUT2D eigenvalue weighted by Crippen LogP contribution is -1.95. The second-order valence-corrected chi connectivity index (χ2v) is 4.25. The largest absolute Gasteiger partial charge is 0.264 e. The van der Waals surface area contributed by atoms with Crippen LogP contribution in [0, 0.1) is 0 Å². The van der Waals surface area contributed by atoms with Gasteiger partial charge in [-0.15, -0.1) is 10.2 Å². The molecule has 3 rings (SSSR count). The van der Waals surface area contributed by atoms with Gasteiger partial charge < -0.3 is 0 Å². The van der Waals surface area contributed by atoms with Gasteiger partial charge in [0.25, 0.3) is 0 Å². The fraction of sp³-hybridized carbons (Fsp3) is 0.143. The molecule has 0 spiro atoms. The first kappa shape index (κ1) is 11.5. The molecule has 19 heavy (non-hydrogen) atoms. The van der Waals surface area contributed by atoms with Crippen molar-refractivity contribution >= 4 is 0 Å². The van der Waals surface area contributed by atoms with E-state index in [1.54, 1.807) is 6.20 Å². The molecule has 2 aromatic heterocycles. The Labute approximate surface area is 110 Å². The standard InChI is InChI=1S/C14H13N5/c1-2-6-13(14-16-18-19-17-14)12(5-1)8-7-11-4-3-9-15-10-11/h1-6,9-10H,7-8H2,(H,16,17,18,19). The van der Waals surface area contributed by atoms with Gasteiger partial charge in [-0.3, -0.25) is 4.98 Å². The van der Waals surface area contributed by atoms with Gasteiger partial charge in [0.1, 0.15) is 0 Å². The zero-order valence-electron chi connectivity index (χ0n) is 10.3. The Morgan fingerprint density at radius 3 is 2.74 bits per heavy atom. The van der Waals surface area contributed by atoms with E-state index in [9.17, 15) is 0 Å². The molecule has 0 unspecified atom stereocenters. The predicted molar refractivity (Wildman–Crippen MR) is 71.3 cm³/mol. The van der Waals surface area contributed by atoms with Crippen molar-refractivity contribution in [2.24, 2.45) is 0 Å². The van der Waals surface area contributed by atoms with Crippen LogP contribution in [0.2, 0.25) is 0 Å². The van der Waals surface area contributed by atoms with Gasteiger partial charge in [-0.2, -0.15) is 5.21 Å². The zero-order chi connectivity index (χ0) is 12.9. The molecule has 0 bridgehead atoms. The monoisotopic (exact) mass is 251 g/mol. The molecule has 3 aromatic rings. The molecular weight excluding hydrogens is 238 g/mol. The van der Waals surface area contributed by atoms with Gasteiger partial charge in [-0.25, -0.2) is 0 Å². The number of nitrogens with one attached hydrogen (secondary N) is 1. The maximum Gasteiger partial charge on any atom is 0.204 e. The lowest BCUT2D eigenvalue weighted by molar-refractivity contribution is 0.881. The normalized spacial score (nSPS) is 10.5. The Bertz CT molecular complexity index is 634. The number of rotatable bonds is 4. The van der Waals surface area contributed by atoms with Gasteiger partial charge in [0.15, 0.2) is 0 Å². The average Bonchev–Trinajstić information content (AvgIpc) is 3.01. The van der Waals surface area contributed by atoms with E-state index >= 15 is 0 Å². The third kappa shape index (κ3) is 2.65. The third-order valence-electron chi connectivity index (χ3n) is 3.01. The van der Waals surface area contributed by atoms with Gasteiger partial charge in [0, 0.05) is 18.0 Å². The van der Waals surface area contributed by atoms with Crippen molar-refractivity contribution in [1.82, 2.24) is 25.6 Å². The summed E-state index contributed by atoms with van der Waals surface area (Å²) in [5.41, 5.74) is 3.47. The first-order chi connectivity index (χ1) is 9.43. The van der Waals surface area contributed by atoms with Gasteiger partial charge in [-0.1, -0.05) is 30.3 Å². The van der Waals surface area contributed by atoms with Gasteiger partial charge in [-0.05, 0) is 35.2 Å². The Morgan fingerprint density at radius 1 is 1.00 bits per heavy atom. The number of tetrazole rings is 1. The van der Waals surface area contributed by atoms with Crippen LogP contribution in [-0.2, 0) is 12.8 Å². The lowest BCUT2D eigenvalue weighted by Gasteiger charge is -2.06. The Hall–Kier alpha value is -2.56. The van der Waals surface area contributed by atoms with E-state index in [4.69, 9.17) is 0 Å². The number of benzene rings is 1. The first-order valence-electron chi connectivity index (χ1n) is 6.14. The van der Waals surface area contributed by atoms with Crippen LogP contribution in [0.1, 0.15) is 11.1 Å². The molecule has 5 heteroatoms. The van der Waals surface area contributed by atoms with Crippen molar-refractivity contribution in [3.05, 3.63) is 59.9 Å². The number of pyridine rings is 1. The van der Waals surface area contributed by atoms with Crippen LogP contribution in [0.5, 0.6) is 0 Å². The Balaban J connectivity index is 1.82. The van der Waals surface area contributed by atoms with E-state index < -0.39 is 0 Å². The molecule has 5 nitrogen and oxygen atoms in total. The van der Waals surface area contributed by atoms with E-state index in [1.807, 2.05) is 30.5 Å². The molecule has 1 N–H and O–H groups in total. The van der Waals surface area contributed by atoms with Crippen LogP contribution in [0.15, 0.2) is 48.8 Å². The number of nitrogens with zero attached hydrogens (tertiary/aromatic N) is 4. The lowest BCUT2D eigenvalue weighted by atomic mass is 10.0. The number of hydrogen-bond donors (Lipinski definition) is 1. The molecule has 0 fully saturated rings. The second kappa shape index (κ2) is 5.39. The summed E-state index contributed by atoms with van der Waals surface area (Å²) in [6.45, 7) is 0. The molecule has 0 saturated carbocycles. The molecule has 0 amide bonds. The zero-order valence-corrected chi connectivity index (χ0v) is 10.3. The van der Waals surface area contributed by atoms with E-state index in [1.165, 1.54) is 11.1 Å². The smallest absolute Gasteiger partial charge is 0.204 e. The Kier molecular flexibility index (Phi) is 3.27. The summed E-state index contributed by atoms with van der Waals surface area (Å²) in [6, 6.07) is 12.2. The highest BCUT2D eigenvalue weighted by Crippen LogP contribution is 2.20. The van der Waals surface area contributed by atoms with Gasteiger partial charge in [0.2, 0.25) is 5.82 Å². The third-order valence-corrected chi connectivity index (χ3v) is 3.01. The minimum absolute atomic E-state index is 0.641. The van der Waals surface area contributed by atoms with Crippen molar-refractivity contribution in [1.29, 1.82) is 0 Å². The van der Waals surface area contributed by atoms with E-state index in [0.29, 0.717) is 5.82 Å². The fourth-order valence-electron chi connectivity index (χ4n) is 2.06. The van der Waals surface area contributed by atoms with E-state index in [2.05, 4.69) is 37.7 Å². The summed E-state index contributed by atoms with van der Waals surface area (Å²) in [6.07, 6.45) is 5.56. The summed E-state index contributed by atoms with van der Waals surface area (Å²) >= 11 is 0. The SMILES string of the molecule is c1cncc(CCc2ccccc2-c2nn[nH]n2)c1. The first-order valence-corrected chi connectivity index (χ1v) is 6.14. The van der Waals surface area contributed by atoms with Crippen LogP contribution >= 0.6 is 0 Å². The van der Waals surface area contributed by atoms with Crippen LogP contribution in [-0.4, -0.2) is 25.6 Å². The molecule has 94 valence electrons. The summed E-state index contributed by atoms with van der Waals surface area (Å²) in [5.74, 6) is 0.641. The molecule has 0 saturated heterocycles. The molecular formula is C14H13N5. The van der Waals surface area contributed by atoms with E-state index in [-0.39, 0.29) is 0 Å². The molecule has 0 aliphatic rings. The number of hydrogen-bond acceptors (Lipinski definition) is 4. The van der Waals surface area contributed by atoms with Crippen molar-refractivity contribution in [2.75, 3.05) is 0 Å². The highest BCUT2D eigenvalue weighted by atomic mass is 15.5. The van der Waals surface area contributed by atoms with Crippen molar-refractivity contribution in [3.8, 4) is 11.4 Å². The molecule has 0 aliphatic carbocycles. The second-order valence-electron chi connectivity index (χ2n) is 4.25. The Morgan fingerprint density at radius 2 is 1.95 bits per heavy atom. The molecule has 0 atom stereocenters. The maximum atomic E-state index is 4.13. The molecule has 0 radical (unpaired) electrons. The number of aryl methyl sites for hydroxylation is 2. The summed E-state index contributed by atoms with van der Waals surface area (Å²) in [7, 11) is 0. The molecule has 0 aliphatic heterocycles. The van der Waals surface area contributed by atoms with Crippen molar-refractivity contribution < 1.29 is 0 Å². The van der Waals surface area contributed by atoms with Gasteiger partial charge in [0.05, 0.1) is 0 Å². The van der Waals surface area contributed by atoms with E-state index in [0.717, 1.165) is 18.4 Å². The quantitative estimate of drug-likeness (QED) is 0.770. The van der Waals surface area contributed by atoms with Gasteiger partial charge >= 0.3 is 0 Å². The highest BCUT2D eigenvalue weighted by molar-refractivity contribution is 5.59. The highest BCUT2D eigenvalue weighted by Gasteiger charge is 2.08. The minimum atomic E-state index is 0.641. The van der Waals surface area contributed by atoms with Crippen LogP contribution in [0.3, 0.4) is 0 Å². The van der Waals surface area contributed by atoms with Crippen molar-refractivity contribution in [3.63, 3.8) is 0 Å². The summed E-state index contributed by atoms with van der Waals surface area (Å²) in [4.78, 5) is 4.13. The molecule has 2 heterocycles. The van der Waals surface area contributed by atoms with Crippen LogP contribution < -0.4 is 0 Å².